The van der Waals surface area contributed by atoms with Crippen LogP contribution >= 0.6 is 0 Å². The van der Waals surface area contributed by atoms with Gasteiger partial charge in [0.2, 0.25) is 0 Å². The number of carbonyl (C=O) groups is 1. The third-order valence-electron chi connectivity index (χ3n) is 1.92. The number of esters is 1. The van der Waals surface area contributed by atoms with E-state index in [0.717, 1.165) is 0 Å². The van der Waals surface area contributed by atoms with E-state index in [1.165, 1.54) is 0 Å². The molecule has 0 radical (unpaired) electrons. The number of hydrogen-bond acceptors (Lipinski definition) is 3. The van der Waals surface area contributed by atoms with Gasteiger partial charge in [-0.3, -0.25) is 0 Å². The summed E-state index contributed by atoms with van der Waals surface area (Å²) in [7, 11) is 0. The highest BCUT2D eigenvalue weighted by Crippen LogP contribution is 2.10. The lowest BCUT2D eigenvalue weighted by Gasteiger charge is -2.16. The molecule has 0 saturated heterocycles. The van der Waals surface area contributed by atoms with Crippen molar-refractivity contribution in [1.82, 2.24) is 0 Å². The Labute approximate surface area is 85.8 Å². The van der Waals surface area contributed by atoms with Gasteiger partial charge in [0.1, 0.15) is 0 Å². The Bertz CT molecular complexity index is 211. The van der Waals surface area contributed by atoms with Crippen molar-refractivity contribution in [3.8, 4) is 0 Å². The first-order valence-corrected chi connectivity index (χ1v) is 4.89. The number of hydrogen-bond donors (Lipinski definition) is 1. The molecule has 0 atom stereocenters. The fourth-order valence-corrected chi connectivity index (χ4v) is 0.901. The molecule has 0 amide bonds. The van der Waals surface area contributed by atoms with Crippen molar-refractivity contribution in [2.24, 2.45) is 0 Å². The Kier molecular flexibility index (Phi) is 5.46. The van der Waals surface area contributed by atoms with Gasteiger partial charge in [-0.25, -0.2) is 4.79 Å². The van der Waals surface area contributed by atoms with Crippen molar-refractivity contribution in [3.05, 3.63) is 11.6 Å². The van der Waals surface area contributed by atoms with Crippen LogP contribution in [-0.2, 0) is 9.53 Å². The van der Waals surface area contributed by atoms with Gasteiger partial charge in [0.15, 0.2) is 0 Å². The molecule has 3 nitrogen and oxygen atoms in total. The standard InChI is InChI=1S/C11H20O3/c1-5-9(2)10(12)14-8-6-7-11(3,4)13/h5,13H,6-8H2,1-4H3. The second-order valence-electron chi connectivity index (χ2n) is 4.02. The second kappa shape index (κ2) is 5.81. The van der Waals surface area contributed by atoms with Gasteiger partial charge in [-0.2, -0.15) is 0 Å². The maximum absolute atomic E-state index is 11.1. The second-order valence-corrected chi connectivity index (χ2v) is 4.02. The summed E-state index contributed by atoms with van der Waals surface area (Å²) < 4.78 is 4.97. The quantitative estimate of drug-likeness (QED) is 0.419. The number of rotatable bonds is 5. The Hall–Kier alpha value is -0.830. The molecule has 0 saturated carbocycles. The highest BCUT2D eigenvalue weighted by Gasteiger charge is 2.12. The van der Waals surface area contributed by atoms with Crippen LogP contribution in [0.15, 0.2) is 11.6 Å². The number of carbonyl (C=O) groups excluding carboxylic acids is 1. The van der Waals surface area contributed by atoms with E-state index in [-0.39, 0.29) is 5.97 Å². The van der Waals surface area contributed by atoms with Crippen molar-refractivity contribution in [3.63, 3.8) is 0 Å². The summed E-state index contributed by atoms with van der Waals surface area (Å²) in [5.74, 6) is -0.275. The SMILES string of the molecule is CC=C(C)C(=O)OCCCC(C)(C)O. The van der Waals surface area contributed by atoms with Crippen molar-refractivity contribution in [1.29, 1.82) is 0 Å². The van der Waals surface area contributed by atoms with E-state index in [4.69, 9.17) is 4.74 Å². The zero-order chi connectivity index (χ0) is 11.2. The zero-order valence-electron chi connectivity index (χ0n) is 9.46. The lowest BCUT2D eigenvalue weighted by atomic mass is 10.0. The van der Waals surface area contributed by atoms with Crippen LogP contribution in [0.5, 0.6) is 0 Å². The van der Waals surface area contributed by atoms with Crippen LogP contribution < -0.4 is 0 Å². The van der Waals surface area contributed by atoms with Gasteiger partial charge in [-0.15, -0.1) is 0 Å². The first kappa shape index (κ1) is 13.2. The van der Waals surface area contributed by atoms with Gasteiger partial charge in [-0.1, -0.05) is 6.08 Å². The third kappa shape index (κ3) is 6.66. The Balaban J connectivity index is 3.61. The highest BCUT2D eigenvalue weighted by atomic mass is 16.5. The maximum atomic E-state index is 11.1. The summed E-state index contributed by atoms with van der Waals surface area (Å²) in [6.07, 6.45) is 3.04. The van der Waals surface area contributed by atoms with Crippen molar-refractivity contribution in [2.75, 3.05) is 6.61 Å². The fourth-order valence-electron chi connectivity index (χ4n) is 0.901. The molecule has 0 bridgehead atoms. The van der Waals surface area contributed by atoms with Gasteiger partial charge >= 0.3 is 5.97 Å². The highest BCUT2D eigenvalue weighted by molar-refractivity contribution is 5.87. The molecule has 3 heteroatoms. The predicted molar refractivity (Wildman–Crippen MR) is 55.9 cm³/mol. The van der Waals surface area contributed by atoms with Gasteiger partial charge in [0, 0.05) is 5.57 Å². The van der Waals surface area contributed by atoms with Gasteiger partial charge in [0.05, 0.1) is 12.2 Å². The van der Waals surface area contributed by atoms with Crippen LogP contribution in [0.3, 0.4) is 0 Å². The number of ether oxygens (including phenoxy) is 1. The van der Waals surface area contributed by atoms with Crippen molar-refractivity contribution in [2.45, 2.75) is 46.1 Å². The van der Waals surface area contributed by atoms with Gasteiger partial charge in [-0.05, 0) is 40.5 Å². The molecule has 0 aliphatic rings. The molecule has 0 aliphatic carbocycles. The summed E-state index contributed by atoms with van der Waals surface area (Å²) in [5, 5.41) is 9.39. The number of allylic oxidation sites excluding steroid dienone is 1. The van der Waals surface area contributed by atoms with Crippen LogP contribution in [-0.4, -0.2) is 23.3 Å². The minimum Gasteiger partial charge on any atom is -0.462 e. The molecule has 0 heterocycles. The summed E-state index contributed by atoms with van der Waals surface area (Å²) in [4.78, 5) is 11.1. The normalized spacial score (nSPS) is 12.8. The Morgan fingerprint density at radius 2 is 2.07 bits per heavy atom. The minimum absolute atomic E-state index is 0.275. The summed E-state index contributed by atoms with van der Waals surface area (Å²) >= 11 is 0. The first-order chi connectivity index (χ1) is 6.37. The predicted octanol–water partition coefficient (Wildman–Crippen LogP) is 2.05. The van der Waals surface area contributed by atoms with Crippen molar-refractivity contribution >= 4 is 5.97 Å². The minimum atomic E-state index is -0.679. The monoisotopic (exact) mass is 200 g/mol. The molecule has 0 spiro atoms. The lowest BCUT2D eigenvalue weighted by Crippen LogP contribution is -2.19. The third-order valence-corrected chi connectivity index (χ3v) is 1.92. The smallest absolute Gasteiger partial charge is 0.333 e. The molecular weight excluding hydrogens is 180 g/mol. The summed E-state index contributed by atoms with van der Waals surface area (Å²) in [6, 6.07) is 0. The Morgan fingerprint density at radius 1 is 1.50 bits per heavy atom. The molecule has 1 N–H and O–H groups in total. The molecule has 0 aliphatic heterocycles. The summed E-state index contributed by atoms with van der Waals surface area (Å²) in [5.41, 5.74) is -0.0598. The summed E-state index contributed by atoms with van der Waals surface area (Å²) in [6.45, 7) is 7.37. The van der Waals surface area contributed by atoms with E-state index in [0.29, 0.717) is 25.0 Å². The Morgan fingerprint density at radius 3 is 2.50 bits per heavy atom. The van der Waals surface area contributed by atoms with Crippen molar-refractivity contribution < 1.29 is 14.6 Å². The molecule has 0 unspecified atom stereocenters. The van der Waals surface area contributed by atoms with E-state index in [2.05, 4.69) is 0 Å². The van der Waals surface area contributed by atoms with E-state index < -0.39 is 5.60 Å². The van der Waals surface area contributed by atoms with Crippen LogP contribution in [0.25, 0.3) is 0 Å². The molecule has 14 heavy (non-hydrogen) atoms. The van der Waals surface area contributed by atoms with Crippen LogP contribution in [0.4, 0.5) is 0 Å². The molecule has 82 valence electrons. The molecule has 0 aromatic heterocycles. The average Bonchev–Trinajstić information content (AvgIpc) is 2.09. The molecule has 0 aromatic rings. The largest absolute Gasteiger partial charge is 0.462 e. The fraction of sp³-hybridized carbons (Fsp3) is 0.727. The van der Waals surface area contributed by atoms with Crippen LogP contribution in [0.2, 0.25) is 0 Å². The molecule has 0 fully saturated rings. The van der Waals surface area contributed by atoms with E-state index >= 15 is 0 Å². The zero-order valence-corrected chi connectivity index (χ0v) is 9.46. The first-order valence-electron chi connectivity index (χ1n) is 4.89. The van der Waals surface area contributed by atoms with E-state index in [9.17, 15) is 9.90 Å². The number of aliphatic hydroxyl groups is 1. The topological polar surface area (TPSA) is 46.5 Å². The van der Waals surface area contributed by atoms with Crippen LogP contribution in [0.1, 0.15) is 40.5 Å². The molecule has 0 aromatic carbocycles. The van der Waals surface area contributed by atoms with Gasteiger partial charge < -0.3 is 9.84 Å². The van der Waals surface area contributed by atoms with Gasteiger partial charge in [0.25, 0.3) is 0 Å². The lowest BCUT2D eigenvalue weighted by molar-refractivity contribution is -0.139. The molecular formula is C11H20O3. The van der Waals surface area contributed by atoms with E-state index in [1.54, 1.807) is 33.8 Å². The van der Waals surface area contributed by atoms with Crippen LogP contribution in [0, 0.1) is 0 Å². The average molecular weight is 200 g/mol. The maximum Gasteiger partial charge on any atom is 0.333 e. The van der Waals surface area contributed by atoms with E-state index in [1.807, 2.05) is 0 Å². The molecule has 0 rings (SSSR count).